The van der Waals surface area contributed by atoms with Crippen molar-refractivity contribution in [1.82, 2.24) is 0 Å². The molecular weight excluding hydrogens is 50.0 g/mol. The molecule has 0 rings (SSSR count). The maximum atomic E-state index is 3.60. The van der Waals surface area contributed by atoms with Gasteiger partial charge in [0.15, 0.2) is 0 Å². The van der Waals surface area contributed by atoms with Crippen LogP contribution in [0.1, 0.15) is 13.3 Å². The Kier molecular flexibility index (Phi) is 2.93. The molecule has 0 unspecified atom stereocenters. The maximum Gasteiger partial charge on any atom is 0.0737 e. The molecule has 1 nitrogen and oxygen atoms in total. The first-order valence-electron chi connectivity index (χ1n) is 1.71. The minimum Gasteiger partial charge on any atom is -0.358 e. The second kappa shape index (κ2) is 2.96. The van der Waals surface area contributed by atoms with E-state index in [9.17, 15) is 0 Å². The summed E-state index contributed by atoms with van der Waals surface area (Å²) in [4.78, 5) is 0. The van der Waals surface area contributed by atoms with Gasteiger partial charge in [-0.05, 0) is 6.42 Å². The molecular formula is C3H10N+. The van der Waals surface area contributed by atoms with Crippen LogP contribution in [0, 0.1) is 0 Å². The van der Waals surface area contributed by atoms with Crippen LogP contribution in [-0.4, -0.2) is 6.54 Å². The summed E-state index contributed by atoms with van der Waals surface area (Å²) in [5, 5.41) is 0. The first kappa shape index (κ1) is 3.96. The van der Waals surface area contributed by atoms with Crippen molar-refractivity contribution in [1.29, 1.82) is 0 Å². The molecule has 0 aliphatic heterocycles. The zero-order valence-electron chi connectivity index (χ0n) is 3.12. The van der Waals surface area contributed by atoms with E-state index in [0.29, 0.717) is 0 Å². The van der Waals surface area contributed by atoms with Crippen LogP contribution in [0.3, 0.4) is 0 Å². The smallest absolute Gasteiger partial charge is 0.0737 e. The molecule has 0 aromatic carbocycles. The Hall–Kier alpha value is -0.0400. The molecule has 0 saturated carbocycles. The van der Waals surface area contributed by atoms with Crippen molar-refractivity contribution in [2.24, 2.45) is 0 Å². The van der Waals surface area contributed by atoms with Crippen molar-refractivity contribution in [2.75, 3.05) is 6.54 Å². The van der Waals surface area contributed by atoms with Crippen LogP contribution < -0.4 is 5.73 Å². The van der Waals surface area contributed by atoms with Crippen molar-refractivity contribution < 1.29 is 5.73 Å². The van der Waals surface area contributed by atoms with Crippen LogP contribution in [0.5, 0.6) is 0 Å². The first-order chi connectivity index (χ1) is 1.91. The van der Waals surface area contributed by atoms with E-state index in [1.54, 1.807) is 0 Å². The Morgan fingerprint density at radius 2 is 2.00 bits per heavy atom. The fraction of sp³-hybridized carbons (Fsp3) is 1.00. The minimum absolute atomic E-state index is 1.07. The van der Waals surface area contributed by atoms with Crippen LogP contribution >= 0.6 is 0 Å². The highest BCUT2D eigenvalue weighted by molar-refractivity contribution is 4.07. The largest absolute Gasteiger partial charge is 0.358 e. The lowest BCUT2D eigenvalue weighted by molar-refractivity contribution is -0.367. The van der Waals surface area contributed by atoms with Crippen molar-refractivity contribution >= 4 is 0 Å². The second-order valence-electron chi connectivity index (χ2n) is 0.854. The summed E-state index contributed by atoms with van der Waals surface area (Å²) in [5.41, 5.74) is 3.60. The number of hydrogen-bond acceptors (Lipinski definition) is 0. The molecule has 0 fully saturated rings. The summed E-state index contributed by atoms with van der Waals surface area (Å²) < 4.78 is 0. The summed E-state index contributed by atoms with van der Waals surface area (Å²) in [6, 6.07) is 0. The molecule has 1 heteroatoms. The molecule has 4 heavy (non-hydrogen) atoms. The molecule has 0 aromatic heterocycles. The van der Waals surface area contributed by atoms with Gasteiger partial charge in [0.05, 0.1) is 6.54 Å². The van der Waals surface area contributed by atoms with Crippen LogP contribution in [0.15, 0.2) is 0 Å². The number of rotatable bonds is 1. The highest BCUT2D eigenvalue weighted by Gasteiger charge is 1.59. The molecule has 3 N–H and O–H groups in total. The Balaban J connectivity index is 1.97. The highest BCUT2D eigenvalue weighted by Crippen LogP contribution is 1.54. The molecule has 0 bridgehead atoms. The lowest BCUT2D eigenvalue weighted by Gasteiger charge is -1.66. The summed E-state index contributed by atoms with van der Waals surface area (Å²) >= 11 is 0. The van der Waals surface area contributed by atoms with Gasteiger partial charge in [0.2, 0.25) is 0 Å². The van der Waals surface area contributed by atoms with E-state index in [2.05, 4.69) is 12.7 Å². The average Bonchev–Trinajstić information content (AvgIpc) is 1.37. The molecule has 0 aliphatic rings. The fourth-order valence-corrected chi connectivity index (χ4v) is 0. The molecule has 0 heterocycles. The summed E-state index contributed by atoms with van der Waals surface area (Å²) in [5.74, 6) is 0. The third-order valence-corrected chi connectivity index (χ3v) is 0.354. The first-order valence-corrected chi connectivity index (χ1v) is 1.71. The summed E-state index contributed by atoms with van der Waals surface area (Å²) in [7, 11) is 0. The lowest BCUT2D eigenvalue weighted by atomic mass is 10.5. The van der Waals surface area contributed by atoms with Gasteiger partial charge >= 0.3 is 0 Å². The van der Waals surface area contributed by atoms with E-state index < -0.39 is 0 Å². The molecule has 0 spiro atoms. The van der Waals surface area contributed by atoms with E-state index in [-0.39, 0.29) is 0 Å². The highest BCUT2D eigenvalue weighted by atomic mass is 14.5. The molecule has 0 aromatic rings. The van der Waals surface area contributed by atoms with Gasteiger partial charge in [-0.15, -0.1) is 0 Å². The molecule has 0 aliphatic carbocycles. The lowest BCUT2D eigenvalue weighted by Crippen LogP contribution is -2.49. The van der Waals surface area contributed by atoms with E-state index in [1.807, 2.05) is 0 Å². The molecule has 0 atom stereocenters. The topological polar surface area (TPSA) is 27.6 Å². The monoisotopic (exact) mass is 60.1 g/mol. The summed E-state index contributed by atoms with van der Waals surface area (Å²) in [6.07, 6.45) is 1.21. The average molecular weight is 60.1 g/mol. The molecule has 0 saturated heterocycles. The Morgan fingerprint density at radius 1 is 1.75 bits per heavy atom. The maximum absolute atomic E-state index is 3.60. The zero-order chi connectivity index (χ0) is 3.41. The van der Waals surface area contributed by atoms with Crippen LogP contribution in [-0.2, 0) is 0 Å². The van der Waals surface area contributed by atoms with Crippen molar-refractivity contribution in [3.8, 4) is 0 Å². The van der Waals surface area contributed by atoms with Gasteiger partial charge in [-0.2, -0.15) is 0 Å². The van der Waals surface area contributed by atoms with Gasteiger partial charge in [0.25, 0.3) is 0 Å². The molecule has 0 amide bonds. The third kappa shape index (κ3) is 1.96. The Morgan fingerprint density at radius 3 is 2.00 bits per heavy atom. The van der Waals surface area contributed by atoms with Gasteiger partial charge in [0, 0.05) is 0 Å². The SMILES string of the molecule is CCC[NH3+]. The van der Waals surface area contributed by atoms with E-state index in [0.717, 1.165) is 6.54 Å². The number of hydrogen-bond donors (Lipinski definition) is 1. The zero-order valence-corrected chi connectivity index (χ0v) is 3.12. The van der Waals surface area contributed by atoms with Gasteiger partial charge < -0.3 is 5.73 Å². The van der Waals surface area contributed by atoms with Crippen LogP contribution in [0.4, 0.5) is 0 Å². The van der Waals surface area contributed by atoms with E-state index in [4.69, 9.17) is 0 Å². The van der Waals surface area contributed by atoms with Gasteiger partial charge in [0.1, 0.15) is 0 Å². The van der Waals surface area contributed by atoms with Crippen molar-refractivity contribution in [3.05, 3.63) is 0 Å². The van der Waals surface area contributed by atoms with Crippen LogP contribution in [0.2, 0.25) is 0 Å². The van der Waals surface area contributed by atoms with E-state index >= 15 is 0 Å². The summed E-state index contributed by atoms with van der Waals surface area (Å²) in [6.45, 7) is 3.19. The fourth-order valence-electron chi connectivity index (χ4n) is 0. The molecule has 0 radical (unpaired) electrons. The van der Waals surface area contributed by atoms with Gasteiger partial charge in [-0.25, -0.2) is 0 Å². The Labute approximate surface area is 26.8 Å². The predicted molar refractivity (Wildman–Crippen MR) is 18.0 cm³/mol. The van der Waals surface area contributed by atoms with Crippen molar-refractivity contribution in [3.63, 3.8) is 0 Å². The van der Waals surface area contributed by atoms with E-state index in [1.165, 1.54) is 6.42 Å². The Bertz CT molecular complexity index is 5.25. The van der Waals surface area contributed by atoms with Crippen molar-refractivity contribution in [2.45, 2.75) is 13.3 Å². The normalized spacial score (nSPS) is 7.50. The standard InChI is InChI=1S/C3H9N/c1-2-3-4/h2-4H2,1H3/p+1. The quantitative estimate of drug-likeness (QED) is 0.428. The molecule has 26 valence electrons. The van der Waals surface area contributed by atoms with Crippen LogP contribution in [0.25, 0.3) is 0 Å². The predicted octanol–water partition coefficient (Wildman–Crippen LogP) is -0.362. The third-order valence-electron chi connectivity index (χ3n) is 0.354. The second-order valence-corrected chi connectivity index (χ2v) is 0.854. The van der Waals surface area contributed by atoms with Gasteiger partial charge in [-0.1, -0.05) is 6.92 Å². The van der Waals surface area contributed by atoms with Gasteiger partial charge in [-0.3, -0.25) is 0 Å². The minimum atomic E-state index is 1.07. The number of quaternary nitrogens is 1.